The van der Waals surface area contributed by atoms with Crippen molar-refractivity contribution in [1.29, 1.82) is 0 Å². The molecular weight excluding hydrogens is 195 g/mol. The van der Waals surface area contributed by atoms with Crippen LogP contribution < -0.4 is 5.43 Å². The van der Waals surface area contributed by atoms with Crippen molar-refractivity contribution in [3.05, 3.63) is 47.8 Å². The van der Waals surface area contributed by atoms with Gasteiger partial charge in [0, 0.05) is 11.8 Å². The van der Waals surface area contributed by atoms with Crippen LogP contribution in [-0.4, -0.2) is 12.1 Å². The van der Waals surface area contributed by atoms with E-state index in [1.54, 1.807) is 12.2 Å². The Bertz CT molecular complexity index is 399. The fraction of sp³-hybridized carbons (Fsp3) is 0.0909. The second-order valence-corrected chi connectivity index (χ2v) is 2.76. The Morgan fingerprint density at radius 3 is 3.00 bits per heavy atom. The monoisotopic (exact) mass is 206 g/mol. The van der Waals surface area contributed by atoms with Crippen molar-refractivity contribution in [3.8, 4) is 0 Å². The molecule has 0 atom stereocenters. The molecule has 0 fully saturated rings. The smallest absolute Gasteiger partial charge is 0.267 e. The molecule has 0 aliphatic heterocycles. The van der Waals surface area contributed by atoms with Gasteiger partial charge in [0.05, 0.1) is 0 Å². The molecular formula is C11H11FN2O. The van der Waals surface area contributed by atoms with Crippen LogP contribution in [0.1, 0.15) is 17.3 Å². The van der Waals surface area contributed by atoms with Gasteiger partial charge in [-0.2, -0.15) is 5.10 Å². The summed E-state index contributed by atoms with van der Waals surface area (Å²) in [6.45, 7) is 1.83. The highest BCUT2D eigenvalue weighted by atomic mass is 19.1. The number of allylic oxidation sites excluding steroid dienone is 2. The van der Waals surface area contributed by atoms with Crippen LogP contribution in [0.5, 0.6) is 0 Å². The quantitative estimate of drug-likeness (QED) is 0.597. The highest BCUT2D eigenvalue weighted by Crippen LogP contribution is 2.02. The lowest BCUT2D eigenvalue weighted by molar-refractivity contribution is 0.0954. The van der Waals surface area contributed by atoms with Crippen LogP contribution in [0.3, 0.4) is 0 Å². The molecule has 1 aromatic rings. The zero-order chi connectivity index (χ0) is 11.1. The van der Waals surface area contributed by atoms with Gasteiger partial charge in [-0.1, -0.05) is 12.1 Å². The van der Waals surface area contributed by atoms with Gasteiger partial charge in [-0.25, -0.2) is 9.82 Å². The lowest BCUT2D eigenvalue weighted by atomic mass is 10.2. The molecule has 1 aromatic carbocycles. The summed E-state index contributed by atoms with van der Waals surface area (Å²) in [4.78, 5) is 11.3. The topological polar surface area (TPSA) is 41.5 Å². The first kappa shape index (κ1) is 11.1. The van der Waals surface area contributed by atoms with Gasteiger partial charge in [-0.05, 0) is 31.2 Å². The van der Waals surface area contributed by atoms with Gasteiger partial charge < -0.3 is 0 Å². The minimum atomic E-state index is -0.444. The van der Waals surface area contributed by atoms with Crippen molar-refractivity contribution in [1.82, 2.24) is 5.43 Å². The number of amides is 1. The summed E-state index contributed by atoms with van der Waals surface area (Å²) in [6, 6.07) is 5.42. The van der Waals surface area contributed by atoms with E-state index in [9.17, 15) is 9.18 Å². The molecule has 1 N–H and O–H groups in total. The maximum atomic E-state index is 12.7. The van der Waals surface area contributed by atoms with Gasteiger partial charge in [-0.15, -0.1) is 0 Å². The number of hydrazone groups is 1. The summed E-state index contributed by atoms with van der Waals surface area (Å²) in [5.41, 5.74) is 2.52. The van der Waals surface area contributed by atoms with E-state index >= 15 is 0 Å². The maximum absolute atomic E-state index is 12.7. The molecule has 0 radical (unpaired) electrons. The predicted molar refractivity (Wildman–Crippen MR) is 57.2 cm³/mol. The number of nitrogens with one attached hydrogen (secondary N) is 1. The number of benzene rings is 1. The molecule has 0 saturated heterocycles. The first-order valence-corrected chi connectivity index (χ1v) is 4.44. The Hall–Kier alpha value is -1.97. The number of hydrogen-bond acceptors (Lipinski definition) is 2. The SMILES string of the molecule is C/C=C/C=N/NC(=O)c1cccc(F)c1. The predicted octanol–water partition coefficient (Wildman–Crippen LogP) is 2.12. The average molecular weight is 206 g/mol. The average Bonchev–Trinajstić information content (AvgIpc) is 2.24. The molecule has 0 aliphatic carbocycles. The lowest BCUT2D eigenvalue weighted by Gasteiger charge is -1.98. The van der Waals surface area contributed by atoms with Crippen molar-refractivity contribution in [3.63, 3.8) is 0 Å². The number of hydrogen-bond donors (Lipinski definition) is 1. The summed E-state index contributed by atoms with van der Waals surface area (Å²) in [5.74, 6) is -0.879. The molecule has 3 nitrogen and oxygen atoms in total. The minimum Gasteiger partial charge on any atom is -0.267 e. The summed E-state index contributed by atoms with van der Waals surface area (Å²) >= 11 is 0. The van der Waals surface area contributed by atoms with Gasteiger partial charge in [0.15, 0.2) is 0 Å². The molecule has 78 valence electrons. The zero-order valence-electron chi connectivity index (χ0n) is 8.27. The molecule has 1 rings (SSSR count). The number of nitrogens with zero attached hydrogens (tertiary/aromatic N) is 1. The highest BCUT2D eigenvalue weighted by molar-refractivity contribution is 5.94. The number of rotatable bonds is 3. The Morgan fingerprint density at radius 1 is 1.53 bits per heavy atom. The summed E-state index contributed by atoms with van der Waals surface area (Å²) in [6.07, 6.45) is 4.89. The Labute approximate surface area is 87.3 Å². The maximum Gasteiger partial charge on any atom is 0.271 e. The third-order valence-corrected chi connectivity index (χ3v) is 1.61. The second-order valence-electron chi connectivity index (χ2n) is 2.76. The minimum absolute atomic E-state index is 0.243. The van der Waals surface area contributed by atoms with Crippen LogP contribution in [0.4, 0.5) is 4.39 Å². The first-order chi connectivity index (χ1) is 7.24. The molecule has 1 amide bonds. The fourth-order valence-electron chi connectivity index (χ4n) is 0.919. The largest absolute Gasteiger partial charge is 0.271 e. The summed E-state index contributed by atoms with van der Waals surface area (Å²) < 4.78 is 12.7. The van der Waals surface area contributed by atoms with E-state index in [0.29, 0.717) is 0 Å². The van der Waals surface area contributed by atoms with Gasteiger partial charge in [0.1, 0.15) is 5.82 Å². The van der Waals surface area contributed by atoms with Crippen molar-refractivity contribution in [2.24, 2.45) is 5.10 Å². The van der Waals surface area contributed by atoms with Crippen LogP contribution in [0.25, 0.3) is 0 Å². The van der Waals surface area contributed by atoms with Crippen LogP contribution >= 0.6 is 0 Å². The van der Waals surface area contributed by atoms with Crippen LogP contribution in [0.2, 0.25) is 0 Å². The van der Waals surface area contributed by atoms with Crippen LogP contribution in [0, 0.1) is 5.82 Å². The van der Waals surface area contributed by atoms with Gasteiger partial charge in [0.25, 0.3) is 5.91 Å². The fourth-order valence-corrected chi connectivity index (χ4v) is 0.919. The third-order valence-electron chi connectivity index (χ3n) is 1.61. The molecule has 4 heteroatoms. The lowest BCUT2D eigenvalue weighted by Crippen LogP contribution is -2.17. The van der Waals surface area contributed by atoms with Crippen molar-refractivity contribution >= 4 is 12.1 Å². The normalized spacial score (nSPS) is 11.1. The van der Waals surface area contributed by atoms with Gasteiger partial charge in [0.2, 0.25) is 0 Å². The Balaban J connectivity index is 2.61. The standard InChI is InChI=1S/C11H11FN2O/c1-2-3-7-13-14-11(15)9-5-4-6-10(12)8-9/h2-8H,1H3,(H,14,15)/b3-2+,13-7+. The Morgan fingerprint density at radius 2 is 2.33 bits per heavy atom. The van der Waals surface area contributed by atoms with Crippen LogP contribution in [0.15, 0.2) is 41.5 Å². The molecule has 15 heavy (non-hydrogen) atoms. The van der Waals surface area contributed by atoms with E-state index in [1.165, 1.54) is 24.4 Å². The van der Waals surface area contributed by atoms with Crippen molar-refractivity contribution in [2.45, 2.75) is 6.92 Å². The molecule has 0 aromatic heterocycles. The zero-order valence-corrected chi connectivity index (χ0v) is 8.27. The number of halogens is 1. The number of carbonyl (C=O) groups excluding carboxylic acids is 1. The first-order valence-electron chi connectivity index (χ1n) is 4.44. The van der Waals surface area contributed by atoms with Gasteiger partial charge >= 0.3 is 0 Å². The molecule has 0 unspecified atom stereocenters. The molecule has 0 spiro atoms. The summed E-state index contributed by atoms with van der Waals surface area (Å²) in [5, 5.41) is 3.63. The molecule has 0 aliphatic rings. The van der Waals surface area contributed by atoms with Crippen molar-refractivity contribution in [2.75, 3.05) is 0 Å². The Kier molecular flexibility index (Phi) is 4.22. The molecule has 0 saturated carbocycles. The molecule has 0 bridgehead atoms. The third kappa shape index (κ3) is 3.72. The molecule has 0 heterocycles. The highest BCUT2D eigenvalue weighted by Gasteiger charge is 2.03. The van der Waals surface area contributed by atoms with Gasteiger partial charge in [-0.3, -0.25) is 4.79 Å². The van der Waals surface area contributed by atoms with E-state index in [-0.39, 0.29) is 5.56 Å². The summed E-state index contributed by atoms with van der Waals surface area (Å²) in [7, 11) is 0. The van der Waals surface area contributed by atoms with Crippen LogP contribution in [-0.2, 0) is 0 Å². The second kappa shape index (κ2) is 5.70. The van der Waals surface area contributed by atoms with Crippen molar-refractivity contribution < 1.29 is 9.18 Å². The number of carbonyl (C=O) groups is 1. The van der Waals surface area contributed by atoms with E-state index in [0.717, 1.165) is 6.07 Å². The van der Waals surface area contributed by atoms with E-state index in [4.69, 9.17) is 0 Å². The van der Waals surface area contributed by atoms with E-state index in [2.05, 4.69) is 10.5 Å². The van der Waals surface area contributed by atoms with E-state index in [1.807, 2.05) is 6.92 Å². The van der Waals surface area contributed by atoms with E-state index < -0.39 is 11.7 Å².